The number of benzene rings is 1. The van der Waals surface area contributed by atoms with Crippen molar-refractivity contribution in [2.45, 2.75) is 13.3 Å². The molecule has 2 aromatic rings. The fraction of sp³-hybridized carbons (Fsp3) is 0.214. The van der Waals surface area contributed by atoms with Crippen molar-refractivity contribution in [3.63, 3.8) is 0 Å². The molecule has 3 rings (SSSR count). The van der Waals surface area contributed by atoms with E-state index in [1.807, 2.05) is 19.1 Å². The van der Waals surface area contributed by atoms with Gasteiger partial charge in [-0.2, -0.15) is 0 Å². The molecule has 0 bridgehead atoms. The molecule has 0 N–H and O–H groups in total. The van der Waals surface area contributed by atoms with E-state index in [-0.39, 0.29) is 5.78 Å². The van der Waals surface area contributed by atoms with Crippen molar-refractivity contribution >= 4 is 5.78 Å². The van der Waals surface area contributed by atoms with Gasteiger partial charge in [0.1, 0.15) is 11.4 Å². The molecule has 0 saturated heterocycles. The predicted molar refractivity (Wildman–Crippen MR) is 65.8 cm³/mol. The van der Waals surface area contributed by atoms with Crippen LogP contribution in [0.4, 0.5) is 0 Å². The van der Waals surface area contributed by atoms with Gasteiger partial charge in [-0.1, -0.05) is 0 Å². The maximum Gasteiger partial charge on any atom is 0.212 e. The second-order valence-electron chi connectivity index (χ2n) is 4.29. The van der Waals surface area contributed by atoms with Crippen molar-refractivity contribution in [3.8, 4) is 5.75 Å². The van der Waals surface area contributed by atoms with E-state index >= 15 is 0 Å². The average molecular weight is 240 g/mol. The van der Waals surface area contributed by atoms with Crippen molar-refractivity contribution in [2.24, 2.45) is 0 Å². The standard InChI is InChI=1S/C14H12N2O2/c1-9-7-16-12(8-15-9)14(17)11-2-3-13-10(6-11)4-5-18-13/h2-3,6-8H,4-5H2,1H3. The lowest BCUT2D eigenvalue weighted by molar-refractivity contribution is 0.103. The first-order valence-electron chi connectivity index (χ1n) is 5.83. The third-order valence-corrected chi connectivity index (χ3v) is 2.97. The first kappa shape index (κ1) is 10.9. The number of hydrogen-bond acceptors (Lipinski definition) is 4. The molecule has 0 unspecified atom stereocenters. The molecule has 0 amide bonds. The van der Waals surface area contributed by atoms with Gasteiger partial charge < -0.3 is 4.74 Å². The quantitative estimate of drug-likeness (QED) is 0.753. The maximum atomic E-state index is 12.2. The van der Waals surface area contributed by atoms with E-state index in [0.29, 0.717) is 17.9 Å². The molecule has 0 atom stereocenters. The first-order chi connectivity index (χ1) is 8.74. The van der Waals surface area contributed by atoms with Crippen LogP contribution in [0.1, 0.15) is 27.3 Å². The molecule has 1 aromatic heterocycles. The maximum absolute atomic E-state index is 12.2. The minimum absolute atomic E-state index is 0.0998. The van der Waals surface area contributed by atoms with Gasteiger partial charge in [0.15, 0.2) is 0 Å². The number of rotatable bonds is 2. The molecule has 4 nitrogen and oxygen atoms in total. The molecular formula is C14H12N2O2. The van der Waals surface area contributed by atoms with E-state index in [4.69, 9.17) is 4.74 Å². The highest BCUT2D eigenvalue weighted by Gasteiger charge is 2.16. The highest BCUT2D eigenvalue weighted by molar-refractivity contribution is 6.07. The van der Waals surface area contributed by atoms with Gasteiger partial charge in [-0.25, -0.2) is 4.98 Å². The Morgan fingerprint density at radius 2 is 2.17 bits per heavy atom. The molecule has 0 fully saturated rings. The third kappa shape index (κ3) is 1.86. The molecule has 1 aliphatic heterocycles. The van der Waals surface area contributed by atoms with Crippen LogP contribution in [0.25, 0.3) is 0 Å². The summed E-state index contributed by atoms with van der Waals surface area (Å²) in [6.07, 6.45) is 3.97. The lowest BCUT2D eigenvalue weighted by Crippen LogP contribution is -2.05. The Morgan fingerprint density at radius 1 is 1.28 bits per heavy atom. The van der Waals surface area contributed by atoms with Gasteiger partial charge in [-0.3, -0.25) is 9.78 Å². The number of ketones is 1. The molecule has 0 spiro atoms. The lowest BCUT2D eigenvalue weighted by Gasteiger charge is -2.03. The third-order valence-electron chi connectivity index (χ3n) is 2.97. The second kappa shape index (κ2) is 4.22. The zero-order valence-electron chi connectivity index (χ0n) is 10.0. The van der Waals surface area contributed by atoms with Crippen molar-refractivity contribution in [1.29, 1.82) is 0 Å². The SMILES string of the molecule is Cc1cnc(C(=O)c2ccc3c(c2)CCO3)cn1. The number of nitrogens with zero attached hydrogens (tertiary/aromatic N) is 2. The normalized spacial score (nSPS) is 12.9. The number of aryl methyl sites for hydroxylation is 1. The van der Waals surface area contributed by atoms with Gasteiger partial charge in [-0.15, -0.1) is 0 Å². The molecule has 2 heterocycles. The molecular weight excluding hydrogens is 228 g/mol. The molecule has 1 aliphatic rings. The Morgan fingerprint density at radius 3 is 2.94 bits per heavy atom. The van der Waals surface area contributed by atoms with Crippen LogP contribution in [0, 0.1) is 6.92 Å². The minimum Gasteiger partial charge on any atom is -0.493 e. The van der Waals surface area contributed by atoms with E-state index in [9.17, 15) is 4.79 Å². The second-order valence-corrected chi connectivity index (χ2v) is 4.29. The molecule has 1 aromatic carbocycles. The summed E-state index contributed by atoms with van der Waals surface area (Å²) in [6.45, 7) is 2.53. The van der Waals surface area contributed by atoms with Crippen molar-refractivity contribution in [2.75, 3.05) is 6.61 Å². The van der Waals surface area contributed by atoms with Gasteiger partial charge in [0.25, 0.3) is 0 Å². The summed E-state index contributed by atoms with van der Waals surface area (Å²) in [6, 6.07) is 5.50. The molecule has 90 valence electrons. The van der Waals surface area contributed by atoms with Crippen molar-refractivity contribution in [1.82, 2.24) is 9.97 Å². The van der Waals surface area contributed by atoms with E-state index in [1.165, 1.54) is 6.20 Å². The van der Waals surface area contributed by atoms with Crippen LogP contribution in [-0.4, -0.2) is 22.4 Å². The molecule has 0 aliphatic carbocycles. The summed E-state index contributed by atoms with van der Waals surface area (Å²) in [4.78, 5) is 20.4. The largest absolute Gasteiger partial charge is 0.493 e. The summed E-state index contributed by atoms with van der Waals surface area (Å²) in [5.41, 5.74) is 2.90. The van der Waals surface area contributed by atoms with Gasteiger partial charge in [0.2, 0.25) is 5.78 Å². The first-order valence-corrected chi connectivity index (χ1v) is 5.83. The van der Waals surface area contributed by atoms with Crippen LogP contribution in [0.5, 0.6) is 5.75 Å². The monoisotopic (exact) mass is 240 g/mol. The number of fused-ring (bicyclic) bond motifs is 1. The van der Waals surface area contributed by atoms with Crippen LogP contribution < -0.4 is 4.74 Å². The van der Waals surface area contributed by atoms with Gasteiger partial charge >= 0.3 is 0 Å². The fourth-order valence-corrected chi connectivity index (χ4v) is 1.99. The smallest absolute Gasteiger partial charge is 0.212 e. The molecule has 0 saturated carbocycles. The highest BCUT2D eigenvalue weighted by Crippen LogP contribution is 2.26. The lowest BCUT2D eigenvalue weighted by atomic mass is 10.0. The number of hydrogen-bond donors (Lipinski definition) is 0. The molecule has 18 heavy (non-hydrogen) atoms. The van der Waals surface area contributed by atoms with Gasteiger partial charge in [0.05, 0.1) is 18.5 Å². The summed E-state index contributed by atoms with van der Waals surface area (Å²) < 4.78 is 5.42. The Hall–Kier alpha value is -2.23. The Bertz CT molecular complexity index is 606. The summed E-state index contributed by atoms with van der Waals surface area (Å²) >= 11 is 0. The van der Waals surface area contributed by atoms with E-state index in [2.05, 4.69) is 9.97 Å². The predicted octanol–water partition coefficient (Wildman–Crippen LogP) is 1.95. The van der Waals surface area contributed by atoms with E-state index in [0.717, 1.165) is 23.4 Å². The van der Waals surface area contributed by atoms with E-state index in [1.54, 1.807) is 12.3 Å². The average Bonchev–Trinajstić information content (AvgIpc) is 2.86. The van der Waals surface area contributed by atoms with Crippen LogP contribution in [-0.2, 0) is 6.42 Å². The number of ether oxygens (including phenoxy) is 1. The highest BCUT2D eigenvalue weighted by atomic mass is 16.5. The van der Waals surface area contributed by atoms with Crippen LogP contribution in [0.3, 0.4) is 0 Å². The number of carbonyl (C=O) groups is 1. The van der Waals surface area contributed by atoms with Crippen molar-refractivity contribution < 1.29 is 9.53 Å². The molecule has 4 heteroatoms. The Labute approximate surface area is 105 Å². The van der Waals surface area contributed by atoms with Crippen LogP contribution >= 0.6 is 0 Å². The zero-order chi connectivity index (χ0) is 12.5. The minimum atomic E-state index is -0.0998. The number of carbonyl (C=O) groups excluding carboxylic acids is 1. The zero-order valence-corrected chi connectivity index (χ0v) is 10.0. The summed E-state index contributed by atoms with van der Waals surface area (Å²) in [5.74, 6) is 0.777. The number of aromatic nitrogens is 2. The Balaban J connectivity index is 1.95. The topological polar surface area (TPSA) is 52.1 Å². The van der Waals surface area contributed by atoms with E-state index < -0.39 is 0 Å². The van der Waals surface area contributed by atoms with Gasteiger partial charge in [0, 0.05) is 18.2 Å². The van der Waals surface area contributed by atoms with Gasteiger partial charge in [-0.05, 0) is 30.7 Å². The molecule has 0 radical (unpaired) electrons. The summed E-state index contributed by atoms with van der Waals surface area (Å²) in [5, 5.41) is 0. The Kier molecular flexibility index (Phi) is 2.55. The van der Waals surface area contributed by atoms with Crippen LogP contribution in [0.15, 0.2) is 30.6 Å². The van der Waals surface area contributed by atoms with Crippen LogP contribution in [0.2, 0.25) is 0 Å². The fourth-order valence-electron chi connectivity index (χ4n) is 1.99. The summed E-state index contributed by atoms with van der Waals surface area (Å²) in [7, 11) is 0. The van der Waals surface area contributed by atoms with Crippen molar-refractivity contribution in [3.05, 3.63) is 53.1 Å².